The number of halogens is 1. The lowest BCUT2D eigenvalue weighted by atomic mass is 10.1. The van der Waals surface area contributed by atoms with E-state index in [-0.39, 0.29) is 6.61 Å². The number of rotatable bonds is 5. The average Bonchev–Trinajstić information content (AvgIpc) is 3.13. The Morgan fingerprint density at radius 1 is 1.32 bits per heavy atom. The number of hydrogen-bond acceptors (Lipinski definition) is 3. The van der Waals surface area contributed by atoms with Gasteiger partial charge in [0.05, 0.1) is 19.4 Å². The van der Waals surface area contributed by atoms with E-state index in [1.54, 1.807) is 6.26 Å². The van der Waals surface area contributed by atoms with Crippen LogP contribution in [0.2, 0.25) is 0 Å². The van der Waals surface area contributed by atoms with Gasteiger partial charge >= 0.3 is 0 Å². The molecule has 0 bridgehead atoms. The average molecular weight is 322 g/mol. The van der Waals surface area contributed by atoms with Crippen LogP contribution in [0.25, 0.3) is 0 Å². The van der Waals surface area contributed by atoms with E-state index in [1.165, 1.54) is 12.8 Å². The quantitative estimate of drug-likeness (QED) is 0.912. The topological polar surface area (TPSA) is 36.6 Å². The first-order valence-corrected chi connectivity index (χ1v) is 7.25. The summed E-state index contributed by atoms with van der Waals surface area (Å²) in [5.41, 5.74) is 2.05. The van der Waals surface area contributed by atoms with Crippen molar-refractivity contribution in [2.75, 3.05) is 4.90 Å². The molecule has 0 atom stereocenters. The van der Waals surface area contributed by atoms with E-state index in [0.29, 0.717) is 6.04 Å². The van der Waals surface area contributed by atoms with E-state index < -0.39 is 0 Å². The first kappa shape index (κ1) is 12.8. The van der Waals surface area contributed by atoms with Crippen LogP contribution in [0.1, 0.15) is 24.2 Å². The Hall–Kier alpha value is -1.26. The fourth-order valence-corrected chi connectivity index (χ4v) is 2.65. The summed E-state index contributed by atoms with van der Waals surface area (Å²) >= 11 is 3.51. The Bertz CT molecular complexity index is 549. The van der Waals surface area contributed by atoms with Gasteiger partial charge in [-0.25, -0.2) is 0 Å². The Labute approximate surface area is 121 Å². The highest BCUT2D eigenvalue weighted by Gasteiger charge is 2.31. The number of benzene rings is 1. The van der Waals surface area contributed by atoms with Gasteiger partial charge in [0.25, 0.3) is 0 Å². The molecule has 100 valence electrons. The Morgan fingerprint density at radius 3 is 2.79 bits per heavy atom. The molecule has 1 aliphatic rings. The Morgan fingerprint density at radius 2 is 2.16 bits per heavy atom. The zero-order chi connectivity index (χ0) is 13.2. The molecule has 1 heterocycles. The van der Waals surface area contributed by atoms with Crippen molar-refractivity contribution in [3.05, 3.63) is 52.4 Å². The molecule has 0 spiro atoms. The molecule has 0 aliphatic heterocycles. The molecule has 0 unspecified atom stereocenters. The number of aliphatic hydroxyl groups is 1. The molecule has 19 heavy (non-hydrogen) atoms. The third kappa shape index (κ3) is 2.85. The molecule has 1 saturated carbocycles. The Balaban J connectivity index is 1.93. The third-order valence-corrected chi connectivity index (χ3v) is 3.91. The molecule has 1 N–H and O–H groups in total. The van der Waals surface area contributed by atoms with Gasteiger partial charge in [0.1, 0.15) is 5.76 Å². The minimum atomic E-state index is 0.0595. The second-order valence-corrected chi connectivity index (χ2v) is 5.79. The van der Waals surface area contributed by atoms with Crippen LogP contribution < -0.4 is 4.90 Å². The number of nitrogens with zero attached hydrogens (tertiary/aromatic N) is 1. The number of aliphatic hydroxyl groups excluding tert-OH is 1. The van der Waals surface area contributed by atoms with Crippen molar-refractivity contribution >= 4 is 21.6 Å². The summed E-state index contributed by atoms with van der Waals surface area (Å²) in [5.74, 6) is 0.954. The van der Waals surface area contributed by atoms with Gasteiger partial charge < -0.3 is 14.4 Å². The molecule has 0 saturated heterocycles. The molecule has 2 aromatic rings. The number of furan rings is 1. The second kappa shape index (κ2) is 5.39. The monoisotopic (exact) mass is 321 g/mol. The molecule has 0 radical (unpaired) electrons. The molecule has 1 fully saturated rings. The van der Waals surface area contributed by atoms with Crippen LogP contribution in [0.3, 0.4) is 0 Å². The van der Waals surface area contributed by atoms with Gasteiger partial charge in [0.2, 0.25) is 0 Å². The van der Waals surface area contributed by atoms with E-state index in [2.05, 4.69) is 26.9 Å². The summed E-state index contributed by atoms with van der Waals surface area (Å²) in [6.45, 7) is 0.811. The molecule has 1 aromatic carbocycles. The van der Waals surface area contributed by atoms with Crippen molar-refractivity contribution in [2.24, 2.45) is 0 Å². The lowest BCUT2D eigenvalue weighted by molar-refractivity contribution is 0.282. The van der Waals surface area contributed by atoms with E-state index in [9.17, 15) is 5.11 Å². The lowest BCUT2D eigenvalue weighted by Gasteiger charge is -2.26. The van der Waals surface area contributed by atoms with E-state index >= 15 is 0 Å². The van der Waals surface area contributed by atoms with E-state index in [0.717, 1.165) is 28.0 Å². The predicted molar refractivity (Wildman–Crippen MR) is 78.0 cm³/mol. The Kier molecular flexibility index (Phi) is 3.62. The maximum Gasteiger partial charge on any atom is 0.123 e. The standard InChI is InChI=1S/C15H16BrNO2/c16-12-4-3-11(10-18)15(8-12)17(13-5-6-13)9-14-2-1-7-19-14/h1-4,7-8,13,18H,5-6,9-10H2. The number of hydrogen-bond donors (Lipinski definition) is 1. The summed E-state index contributed by atoms with van der Waals surface area (Å²) in [6.07, 6.45) is 4.12. The molecular weight excluding hydrogens is 306 g/mol. The smallest absolute Gasteiger partial charge is 0.123 e. The summed E-state index contributed by atoms with van der Waals surface area (Å²) in [7, 11) is 0. The summed E-state index contributed by atoms with van der Waals surface area (Å²) in [5, 5.41) is 9.52. The maximum atomic E-state index is 9.52. The number of anilines is 1. The predicted octanol–water partition coefficient (Wildman–Crippen LogP) is 3.70. The van der Waals surface area contributed by atoms with Crippen LogP contribution in [-0.2, 0) is 13.2 Å². The first-order valence-electron chi connectivity index (χ1n) is 6.46. The first-order chi connectivity index (χ1) is 9.28. The summed E-state index contributed by atoms with van der Waals surface area (Å²) in [6, 6.07) is 10.5. The third-order valence-electron chi connectivity index (χ3n) is 3.42. The molecule has 4 heteroatoms. The highest BCUT2D eigenvalue weighted by molar-refractivity contribution is 9.10. The van der Waals surface area contributed by atoms with Crippen molar-refractivity contribution in [3.8, 4) is 0 Å². The van der Waals surface area contributed by atoms with Gasteiger partial charge in [-0.2, -0.15) is 0 Å². The van der Waals surface area contributed by atoms with Crippen molar-refractivity contribution < 1.29 is 9.52 Å². The molecule has 3 rings (SSSR count). The highest BCUT2D eigenvalue weighted by Crippen LogP contribution is 2.36. The molecule has 0 amide bonds. The molecule has 1 aromatic heterocycles. The zero-order valence-corrected chi connectivity index (χ0v) is 12.1. The minimum absolute atomic E-state index is 0.0595. The van der Waals surface area contributed by atoms with Crippen molar-refractivity contribution in [1.82, 2.24) is 0 Å². The lowest BCUT2D eigenvalue weighted by Crippen LogP contribution is -2.26. The van der Waals surface area contributed by atoms with Gasteiger partial charge in [0.15, 0.2) is 0 Å². The van der Waals surface area contributed by atoms with Crippen LogP contribution in [0.15, 0.2) is 45.5 Å². The van der Waals surface area contributed by atoms with Crippen LogP contribution in [-0.4, -0.2) is 11.1 Å². The largest absolute Gasteiger partial charge is 0.467 e. The zero-order valence-electron chi connectivity index (χ0n) is 10.6. The fraction of sp³-hybridized carbons (Fsp3) is 0.333. The van der Waals surface area contributed by atoms with E-state index in [1.807, 2.05) is 24.3 Å². The normalized spacial score (nSPS) is 14.6. The van der Waals surface area contributed by atoms with Crippen molar-refractivity contribution in [2.45, 2.75) is 32.0 Å². The van der Waals surface area contributed by atoms with Crippen molar-refractivity contribution in [1.29, 1.82) is 0 Å². The maximum absolute atomic E-state index is 9.52. The summed E-state index contributed by atoms with van der Waals surface area (Å²) < 4.78 is 6.48. The van der Waals surface area contributed by atoms with Crippen LogP contribution in [0.5, 0.6) is 0 Å². The molecular formula is C15H16BrNO2. The van der Waals surface area contributed by atoms with Gasteiger partial charge in [-0.3, -0.25) is 0 Å². The second-order valence-electron chi connectivity index (χ2n) is 4.87. The van der Waals surface area contributed by atoms with Gasteiger partial charge in [-0.1, -0.05) is 22.0 Å². The van der Waals surface area contributed by atoms with Crippen LogP contribution in [0.4, 0.5) is 5.69 Å². The van der Waals surface area contributed by atoms with Crippen LogP contribution >= 0.6 is 15.9 Å². The highest BCUT2D eigenvalue weighted by atomic mass is 79.9. The van der Waals surface area contributed by atoms with Crippen molar-refractivity contribution in [3.63, 3.8) is 0 Å². The molecule has 3 nitrogen and oxygen atoms in total. The molecule has 1 aliphatic carbocycles. The van der Waals surface area contributed by atoms with Gasteiger partial charge in [-0.15, -0.1) is 0 Å². The minimum Gasteiger partial charge on any atom is -0.467 e. The van der Waals surface area contributed by atoms with Gasteiger partial charge in [-0.05, 0) is 37.1 Å². The fourth-order valence-electron chi connectivity index (χ4n) is 2.31. The summed E-state index contributed by atoms with van der Waals surface area (Å²) in [4.78, 5) is 2.33. The van der Waals surface area contributed by atoms with E-state index in [4.69, 9.17) is 4.42 Å². The van der Waals surface area contributed by atoms with Crippen LogP contribution in [0, 0.1) is 0 Å². The van der Waals surface area contributed by atoms with Gasteiger partial charge in [0, 0.05) is 21.8 Å². The SMILES string of the molecule is OCc1ccc(Br)cc1N(Cc1ccco1)C1CC1.